The molecule has 0 radical (unpaired) electrons. The third-order valence-electron chi connectivity index (χ3n) is 5.41. The Balaban J connectivity index is 1.49. The highest BCUT2D eigenvalue weighted by molar-refractivity contribution is 7.17. The number of hydrogen-bond acceptors (Lipinski definition) is 8. The van der Waals surface area contributed by atoms with Crippen LogP contribution in [-0.2, 0) is 11.3 Å². The predicted molar refractivity (Wildman–Crippen MR) is 138 cm³/mol. The topological polar surface area (TPSA) is 98.7 Å². The summed E-state index contributed by atoms with van der Waals surface area (Å²) in [6.07, 6.45) is 2.55. The Labute approximate surface area is 215 Å². The van der Waals surface area contributed by atoms with Crippen molar-refractivity contribution < 1.29 is 14.7 Å². The molecule has 2 N–H and O–H groups in total. The molecule has 1 amide bonds. The zero-order valence-electron chi connectivity index (χ0n) is 18.5. The van der Waals surface area contributed by atoms with Gasteiger partial charge in [-0.1, -0.05) is 34.5 Å². The van der Waals surface area contributed by atoms with Crippen LogP contribution in [0.2, 0.25) is 10.0 Å². The molecule has 34 heavy (non-hydrogen) atoms. The molecule has 180 valence electrons. The molecular formula is C22H23Cl2N5O3S2. The number of carbonyl (C=O) groups excluding carboxylic acids is 1. The first-order valence-corrected chi connectivity index (χ1v) is 13.0. The van der Waals surface area contributed by atoms with Crippen molar-refractivity contribution in [3.8, 4) is 10.6 Å². The fraction of sp³-hybridized carbons (Fsp3) is 0.364. The van der Waals surface area contributed by atoms with Crippen LogP contribution in [0.1, 0.15) is 28.1 Å². The van der Waals surface area contributed by atoms with Gasteiger partial charge in [0, 0.05) is 36.1 Å². The highest BCUT2D eigenvalue weighted by atomic mass is 35.5. The summed E-state index contributed by atoms with van der Waals surface area (Å²) < 4.78 is 0. The first kappa shape index (κ1) is 24.9. The smallest absolute Gasteiger partial charge is 0.306 e. The largest absolute Gasteiger partial charge is 0.481 e. The van der Waals surface area contributed by atoms with E-state index in [1.807, 2.05) is 35.3 Å². The molecule has 8 nitrogen and oxygen atoms in total. The van der Waals surface area contributed by atoms with E-state index >= 15 is 0 Å². The summed E-state index contributed by atoms with van der Waals surface area (Å²) in [6.45, 7) is 1.79. The molecule has 0 aromatic carbocycles. The molecule has 0 atom stereocenters. The molecule has 4 heterocycles. The lowest BCUT2D eigenvalue weighted by Crippen LogP contribution is -2.37. The summed E-state index contributed by atoms with van der Waals surface area (Å²) in [7, 11) is 3.95. The fourth-order valence-corrected chi connectivity index (χ4v) is 6.25. The van der Waals surface area contributed by atoms with Crippen LogP contribution in [0.5, 0.6) is 0 Å². The van der Waals surface area contributed by atoms with Gasteiger partial charge in [-0.15, -0.1) is 11.3 Å². The number of rotatable bonds is 7. The van der Waals surface area contributed by atoms with Crippen LogP contribution in [0.4, 0.5) is 10.9 Å². The van der Waals surface area contributed by atoms with Crippen molar-refractivity contribution >= 4 is 68.7 Å². The molecule has 0 bridgehead atoms. The number of halogens is 2. The van der Waals surface area contributed by atoms with Gasteiger partial charge in [0.25, 0.3) is 5.91 Å². The van der Waals surface area contributed by atoms with E-state index in [1.54, 1.807) is 6.07 Å². The molecule has 3 aromatic rings. The van der Waals surface area contributed by atoms with Gasteiger partial charge in [0.1, 0.15) is 5.82 Å². The Morgan fingerprint density at radius 1 is 1.26 bits per heavy atom. The lowest BCUT2D eigenvalue weighted by molar-refractivity contribution is -0.142. The van der Waals surface area contributed by atoms with Crippen molar-refractivity contribution in [2.75, 3.05) is 37.4 Å². The summed E-state index contributed by atoms with van der Waals surface area (Å²) in [4.78, 5) is 39.1. The number of hydrogen-bond donors (Lipinski definition) is 2. The van der Waals surface area contributed by atoms with E-state index in [4.69, 9.17) is 23.2 Å². The normalized spacial score (nSPS) is 14.6. The van der Waals surface area contributed by atoms with Crippen LogP contribution in [0, 0.1) is 5.92 Å². The number of carboxylic acids is 1. The summed E-state index contributed by atoms with van der Waals surface area (Å²) in [5.74, 6) is -0.911. The number of carboxylic acid groups (broad SMARTS) is 1. The summed E-state index contributed by atoms with van der Waals surface area (Å²) in [5.41, 5.74) is 1.13. The minimum Gasteiger partial charge on any atom is -0.481 e. The molecule has 1 saturated heterocycles. The van der Waals surface area contributed by atoms with Gasteiger partial charge in [-0.25, -0.2) is 9.97 Å². The molecule has 0 unspecified atom stereocenters. The Morgan fingerprint density at radius 3 is 2.59 bits per heavy atom. The maximum absolute atomic E-state index is 12.9. The van der Waals surface area contributed by atoms with Crippen LogP contribution in [0.15, 0.2) is 23.7 Å². The number of nitrogens with one attached hydrogen (secondary N) is 1. The maximum atomic E-state index is 12.9. The Hall–Kier alpha value is -2.24. The van der Waals surface area contributed by atoms with Crippen molar-refractivity contribution in [2.45, 2.75) is 19.4 Å². The predicted octanol–water partition coefficient (Wildman–Crippen LogP) is 5.19. The summed E-state index contributed by atoms with van der Waals surface area (Å²) >= 11 is 15.5. The van der Waals surface area contributed by atoms with E-state index < -0.39 is 5.97 Å². The van der Waals surface area contributed by atoms with Gasteiger partial charge in [0.15, 0.2) is 5.13 Å². The van der Waals surface area contributed by atoms with Crippen molar-refractivity contribution in [1.82, 2.24) is 14.9 Å². The van der Waals surface area contributed by atoms with Gasteiger partial charge in [0.05, 0.1) is 32.1 Å². The van der Waals surface area contributed by atoms with Crippen LogP contribution >= 0.6 is 45.9 Å². The average molecular weight is 540 g/mol. The number of carbonyl (C=O) groups is 2. The number of aromatic nitrogens is 2. The second-order valence-electron chi connectivity index (χ2n) is 8.24. The lowest BCUT2D eigenvalue weighted by atomic mass is 9.97. The number of pyridine rings is 1. The average Bonchev–Trinajstić information content (AvgIpc) is 3.39. The van der Waals surface area contributed by atoms with Crippen molar-refractivity contribution in [2.24, 2.45) is 5.92 Å². The minimum atomic E-state index is -0.771. The number of piperidine rings is 1. The van der Waals surface area contributed by atoms with E-state index in [1.165, 1.54) is 28.9 Å². The summed E-state index contributed by atoms with van der Waals surface area (Å²) in [5, 5.41) is 15.4. The van der Waals surface area contributed by atoms with E-state index in [0.717, 1.165) is 15.4 Å². The Morgan fingerprint density at radius 2 is 2.00 bits per heavy atom. The monoisotopic (exact) mass is 539 g/mol. The molecule has 0 aliphatic carbocycles. The van der Waals surface area contributed by atoms with Crippen LogP contribution in [0.3, 0.4) is 0 Å². The first-order valence-electron chi connectivity index (χ1n) is 10.5. The number of thiophene rings is 1. The quantitative estimate of drug-likeness (QED) is 0.426. The number of anilines is 2. The highest BCUT2D eigenvalue weighted by Gasteiger charge is 2.26. The molecule has 0 saturated carbocycles. The first-order chi connectivity index (χ1) is 16.2. The number of nitrogens with zero attached hydrogens (tertiary/aromatic N) is 4. The molecular weight excluding hydrogens is 517 g/mol. The third kappa shape index (κ3) is 5.69. The van der Waals surface area contributed by atoms with E-state index in [0.29, 0.717) is 59.0 Å². The SMILES string of the molecule is CN(C)Cc1sc(NC(=O)c2cnc(N3CCC(C(=O)O)CC3)c(Cl)c2)nc1-c1cc(Cl)cs1. The van der Waals surface area contributed by atoms with Crippen molar-refractivity contribution in [1.29, 1.82) is 0 Å². The van der Waals surface area contributed by atoms with Gasteiger partial charge in [0.2, 0.25) is 0 Å². The summed E-state index contributed by atoms with van der Waals surface area (Å²) in [6, 6.07) is 3.45. The fourth-order valence-electron chi connectivity index (χ4n) is 3.72. The van der Waals surface area contributed by atoms with E-state index in [9.17, 15) is 14.7 Å². The molecule has 1 aliphatic rings. The second kappa shape index (κ2) is 10.6. The maximum Gasteiger partial charge on any atom is 0.306 e. The second-order valence-corrected chi connectivity index (χ2v) is 11.1. The lowest BCUT2D eigenvalue weighted by Gasteiger charge is -2.31. The Bertz CT molecular complexity index is 1210. The number of aliphatic carboxylic acids is 1. The molecule has 12 heteroatoms. The zero-order valence-corrected chi connectivity index (χ0v) is 21.7. The van der Waals surface area contributed by atoms with Crippen LogP contribution in [-0.4, -0.2) is 59.0 Å². The van der Waals surface area contributed by atoms with Gasteiger partial charge in [-0.2, -0.15) is 0 Å². The zero-order chi connectivity index (χ0) is 24.4. The van der Waals surface area contributed by atoms with Gasteiger partial charge >= 0.3 is 5.97 Å². The number of amides is 1. The minimum absolute atomic E-state index is 0.319. The molecule has 1 aliphatic heterocycles. The van der Waals surface area contributed by atoms with Gasteiger partial charge < -0.3 is 14.9 Å². The molecule has 1 fully saturated rings. The van der Waals surface area contributed by atoms with Gasteiger partial charge in [-0.05, 0) is 39.1 Å². The Kier molecular flexibility index (Phi) is 7.73. The standard InChI is InChI=1S/C22H23Cl2N5O3S2/c1-28(2)10-17-18(16-8-14(23)11-33-16)26-22(34-17)27-20(30)13-7-15(24)19(25-9-13)29-5-3-12(4-6-29)21(31)32/h7-9,11-12H,3-6,10H2,1-2H3,(H,31,32)(H,26,27,30). The van der Waals surface area contributed by atoms with Crippen LogP contribution in [0.25, 0.3) is 10.6 Å². The highest BCUT2D eigenvalue weighted by Crippen LogP contribution is 2.37. The molecule has 4 rings (SSSR count). The third-order valence-corrected chi connectivity index (χ3v) is 7.92. The van der Waals surface area contributed by atoms with E-state index in [2.05, 4.69) is 15.3 Å². The molecule has 0 spiro atoms. The molecule has 3 aromatic heterocycles. The van der Waals surface area contributed by atoms with Crippen molar-refractivity contribution in [3.05, 3.63) is 44.2 Å². The van der Waals surface area contributed by atoms with Gasteiger partial charge in [-0.3, -0.25) is 14.9 Å². The van der Waals surface area contributed by atoms with Crippen molar-refractivity contribution in [3.63, 3.8) is 0 Å². The van der Waals surface area contributed by atoms with Crippen LogP contribution < -0.4 is 10.2 Å². The number of thiazole rings is 1. The van der Waals surface area contributed by atoms with E-state index in [-0.39, 0.29) is 11.8 Å².